The van der Waals surface area contributed by atoms with E-state index in [0.717, 1.165) is 5.56 Å². The van der Waals surface area contributed by atoms with Gasteiger partial charge in [-0.05, 0) is 19.1 Å². The van der Waals surface area contributed by atoms with Crippen LogP contribution in [0.2, 0.25) is 0 Å². The fourth-order valence-electron chi connectivity index (χ4n) is 1.16. The van der Waals surface area contributed by atoms with Crippen molar-refractivity contribution in [2.75, 3.05) is 18.4 Å². The molecule has 94 valence electrons. The lowest BCUT2D eigenvalue weighted by Crippen LogP contribution is -2.24. The number of halogens is 2. The molecular weight excluding hydrogens is 263 g/mol. The van der Waals surface area contributed by atoms with Gasteiger partial charge in [-0.15, -0.1) is 23.2 Å². The van der Waals surface area contributed by atoms with Gasteiger partial charge in [-0.2, -0.15) is 0 Å². The van der Waals surface area contributed by atoms with Crippen molar-refractivity contribution < 1.29 is 14.3 Å². The van der Waals surface area contributed by atoms with Gasteiger partial charge in [-0.25, -0.2) is 4.79 Å². The number of rotatable bonds is 6. The fourth-order valence-corrected chi connectivity index (χ4v) is 1.40. The van der Waals surface area contributed by atoms with E-state index in [2.05, 4.69) is 0 Å². The van der Waals surface area contributed by atoms with Crippen LogP contribution in [-0.2, 0) is 9.47 Å². The average molecular weight is 277 g/mol. The van der Waals surface area contributed by atoms with Gasteiger partial charge >= 0.3 is 5.97 Å². The average Bonchev–Trinajstić information content (AvgIpc) is 2.35. The van der Waals surface area contributed by atoms with E-state index in [-0.39, 0.29) is 5.88 Å². The molecule has 0 aliphatic carbocycles. The van der Waals surface area contributed by atoms with Gasteiger partial charge in [0.05, 0.1) is 18.1 Å². The molecule has 1 rings (SSSR count). The molecule has 0 N–H and O–H groups in total. The summed E-state index contributed by atoms with van der Waals surface area (Å²) in [7, 11) is 0. The van der Waals surface area contributed by atoms with Crippen molar-refractivity contribution in [2.45, 2.75) is 13.2 Å². The molecule has 0 saturated carbocycles. The van der Waals surface area contributed by atoms with Crippen LogP contribution < -0.4 is 0 Å². The summed E-state index contributed by atoms with van der Waals surface area (Å²) in [6.45, 7) is 2.24. The topological polar surface area (TPSA) is 35.5 Å². The molecule has 0 bridgehead atoms. The van der Waals surface area contributed by atoms with E-state index < -0.39 is 12.3 Å². The van der Waals surface area contributed by atoms with E-state index in [0.29, 0.717) is 18.1 Å². The van der Waals surface area contributed by atoms with Gasteiger partial charge in [0.15, 0.2) is 0 Å². The van der Waals surface area contributed by atoms with Gasteiger partial charge < -0.3 is 9.47 Å². The standard InChI is InChI=1S/C12H14Cl2O3/c1-9-2-4-10(5-3-9)12(15)17-11(8-14)16-7-6-13/h2-5,11H,6-8H2,1H3/t11-/m1/s1. The van der Waals surface area contributed by atoms with Gasteiger partial charge in [-0.3, -0.25) is 0 Å². The minimum absolute atomic E-state index is 0.0779. The second-order valence-corrected chi connectivity index (χ2v) is 4.10. The summed E-state index contributed by atoms with van der Waals surface area (Å²) < 4.78 is 10.2. The maximum atomic E-state index is 11.7. The SMILES string of the molecule is Cc1ccc(C(=O)O[C@H](CCl)OCCCl)cc1. The zero-order valence-electron chi connectivity index (χ0n) is 9.49. The Bertz CT molecular complexity index is 351. The van der Waals surface area contributed by atoms with Crippen LogP contribution in [0, 0.1) is 6.92 Å². The lowest BCUT2D eigenvalue weighted by molar-refractivity contribution is -0.0913. The molecule has 0 amide bonds. The third-order valence-electron chi connectivity index (χ3n) is 2.03. The van der Waals surface area contributed by atoms with E-state index in [1.165, 1.54) is 0 Å². The van der Waals surface area contributed by atoms with Gasteiger partial charge in [0.25, 0.3) is 0 Å². The first kappa shape index (κ1) is 14.3. The maximum absolute atomic E-state index is 11.7. The van der Waals surface area contributed by atoms with Crippen molar-refractivity contribution >= 4 is 29.2 Å². The van der Waals surface area contributed by atoms with Crippen LogP contribution in [0.4, 0.5) is 0 Å². The normalized spacial score (nSPS) is 12.2. The Kier molecular flexibility index (Phi) is 6.34. The molecule has 1 aromatic carbocycles. The molecule has 1 aromatic rings. The molecule has 0 aromatic heterocycles. The predicted octanol–water partition coefficient (Wildman–Crippen LogP) is 2.97. The third kappa shape index (κ3) is 4.94. The number of hydrogen-bond acceptors (Lipinski definition) is 3. The highest BCUT2D eigenvalue weighted by molar-refractivity contribution is 6.18. The Hall–Kier alpha value is -0.770. The zero-order valence-corrected chi connectivity index (χ0v) is 11.0. The summed E-state index contributed by atoms with van der Waals surface area (Å²) in [6.07, 6.45) is -0.760. The molecule has 0 saturated heterocycles. The third-order valence-corrected chi connectivity index (χ3v) is 2.44. The first-order valence-corrected chi connectivity index (χ1v) is 6.25. The Labute approximate surface area is 111 Å². The molecule has 0 radical (unpaired) electrons. The Balaban J connectivity index is 2.54. The second kappa shape index (κ2) is 7.54. The number of benzene rings is 1. The highest BCUT2D eigenvalue weighted by atomic mass is 35.5. The zero-order chi connectivity index (χ0) is 12.7. The number of ether oxygens (including phenoxy) is 2. The molecular formula is C12H14Cl2O3. The maximum Gasteiger partial charge on any atom is 0.340 e. The molecule has 17 heavy (non-hydrogen) atoms. The second-order valence-electron chi connectivity index (χ2n) is 3.41. The van der Waals surface area contributed by atoms with Crippen LogP contribution >= 0.6 is 23.2 Å². The van der Waals surface area contributed by atoms with Gasteiger partial charge in [0.2, 0.25) is 6.29 Å². The smallest absolute Gasteiger partial charge is 0.340 e. The molecule has 0 fully saturated rings. The Morgan fingerprint density at radius 2 is 1.94 bits per heavy atom. The summed E-state index contributed by atoms with van der Waals surface area (Å²) in [5, 5.41) is 0. The van der Waals surface area contributed by atoms with Crippen molar-refractivity contribution in [3.05, 3.63) is 35.4 Å². The number of carbonyl (C=O) groups excluding carboxylic acids is 1. The Morgan fingerprint density at radius 1 is 1.29 bits per heavy atom. The molecule has 1 atom stereocenters. The van der Waals surface area contributed by atoms with E-state index in [1.54, 1.807) is 12.1 Å². The molecule has 0 heterocycles. The number of carbonyl (C=O) groups is 1. The summed E-state index contributed by atoms with van der Waals surface area (Å²) in [4.78, 5) is 11.7. The first-order chi connectivity index (χ1) is 8.17. The first-order valence-electron chi connectivity index (χ1n) is 5.18. The van der Waals surface area contributed by atoms with Gasteiger partial charge in [0.1, 0.15) is 0 Å². The summed E-state index contributed by atoms with van der Waals surface area (Å²) in [5.41, 5.74) is 1.55. The number of alkyl halides is 2. The van der Waals surface area contributed by atoms with Crippen LogP contribution in [-0.4, -0.2) is 30.6 Å². The van der Waals surface area contributed by atoms with E-state index in [9.17, 15) is 4.79 Å². The van der Waals surface area contributed by atoms with E-state index in [4.69, 9.17) is 32.7 Å². The largest absolute Gasteiger partial charge is 0.431 e. The highest BCUT2D eigenvalue weighted by Gasteiger charge is 2.15. The van der Waals surface area contributed by atoms with Crippen molar-refractivity contribution in [1.82, 2.24) is 0 Å². The lowest BCUT2D eigenvalue weighted by atomic mass is 10.1. The van der Waals surface area contributed by atoms with E-state index >= 15 is 0 Å². The van der Waals surface area contributed by atoms with Crippen LogP contribution in [0.15, 0.2) is 24.3 Å². The summed E-state index contributed by atoms with van der Waals surface area (Å²) >= 11 is 11.1. The molecule has 0 spiro atoms. The molecule has 5 heteroatoms. The Morgan fingerprint density at radius 3 is 2.47 bits per heavy atom. The monoisotopic (exact) mass is 276 g/mol. The summed E-state index contributed by atoms with van der Waals surface area (Å²) in [5.74, 6) is -0.0468. The number of hydrogen-bond donors (Lipinski definition) is 0. The quantitative estimate of drug-likeness (QED) is 0.455. The predicted molar refractivity (Wildman–Crippen MR) is 67.8 cm³/mol. The van der Waals surface area contributed by atoms with Gasteiger partial charge in [0, 0.05) is 5.88 Å². The van der Waals surface area contributed by atoms with Crippen LogP contribution in [0.3, 0.4) is 0 Å². The highest BCUT2D eigenvalue weighted by Crippen LogP contribution is 2.08. The lowest BCUT2D eigenvalue weighted by Gasteiger charge is -2.15. The molecule has 0 unspecified atom stereocenters. The summed E-state index contributed by atoms with van der Waals surface area (Å²) in [6, 6.07) is 7.08. The van der Waals surface area contributed by atoms with Crippen molar-refractivity contribution in [3.63, 3.8) is 0 Å². The molecule has 3 nitrogen and oxygen atoms in total. The number of esters is 1. The van der Waals surface area contributed by atoms with Crippen molar-refractivity contribution in [3.8, 4) is 0 Å². The van der Waals surface area contributed by atoms with Crippen LogP contribution in [0.1, 0.15) is 15.9 Å². The van der Waals surface area contributed by atoms with Crippen LogP contribution in [0.25, 0.3) is 0 Å². The minimum Gasteiger partial charge on any atom is -0.431 e. The van der Waals surface area contributed by atoms with Crippen molar-refractivity contribution in [1.29, 1.82) is 0 Å². The van der Waals surface area contributed by atoms with Gasteiger partial charge in [-0.1, -0.05) is 17.7 Å². The van der Waals surface area contributed by atoms with Crippen molar-refractivity contribution in [2.24, 2.45) is 0 Å². The number of aryl methyl sites for hydroxylation is 1. The van der Waals surface area contributed by atoms with E-state index in [1.807, 2.05) is 19.1 Å². The van der Waals surface area contributed by atoms with Crippen LogP contribution in [0.5, 0.6) is 0 Å². The molecule has 0 aliphatic rings. The molecule has 0 aliphatic heterocycles. The fraction of sp³-hybridized carbons (Fsp3) is 0.417. The minimum atomic E-state index is -0.760.